The number of sulfonamides is 1. The average Bonchev–Trinajstić information content (AvgIpc) is 3.24. The number of hydrogen-bond acceptors (Lipinski definition) is 7. The molecular weight excluding hydrogens is 497 g/mol. The van der Waals surface area contributed by atoms with Crippen molar-refractivity contribution in [2.45, 2.75) is 24.2 Å². The first-order valence-electron chi connectivity index (χ1n) is 12.2. The van der Waals surface area contributed by atoms with E-state index in [9.17, 15) is 22.7 Å². The number of halogens is 1. The Bertz CT molecular complexity index is 1450. The van der Waals surface area contributed by atoms with Crippen LogP contribution in [0.2, 0.25) is 0 Å². The zero-order valence-electron chi connectivity index (χ0n) is 20.1. The maximum absolute atomic E-state index is 13.5. The van der Waals surface area contributed by atoms with Crippen molar-refractivity contribution in [2.75, 3.05) is 37.7 Å². The maximum Gasteiger partial charge on any atom is 0.338 e. The predicted molar refractivity (Wildman–Crippen MR) is 136 cm³/mol. The standard InChI is InChI=1S/C26H27FN5O4S/c27-21-2-4-22(5-3-21)32(18-34)24-12-20-8-11-31(16-26(20,17-33)13-19(24)14-29-32)37(35,36)23-6-7-25(28-15-23)30-9-1-10-30/h2-7,12,14-15,18,33H,1,8-11,13,16-17H2/q+1/t26?,32-/m1/s1. The summed E-state index contributed by atoms with van der Waals surface area (Å²) in [6.07, 6.45) is 7.42. The molecule has 0 spiro atoms. The van der Waals surface area contributed by atoms with Crippen molar-refractivity contribution in [3.05, 3.63) is 71.3 Å². The first-order valence-corrected chi connectivity index (χ1v) is 13.7. The van der Waals surface area contributed by atoms with Gasteiger partial charge in [0, 0.05) is 61.6 Å². The SMILES string of the molecule is O=C[N@+]1(c2ccc(F)cc2)N=CC2=C1C=C1CCN(S(=O)(=O)c3ccc(N4CCC4)nc3)CC1(CO)C2. The molecule has 0 saturated carbocycles. The second-order valence-electron chi connectivity index (χ2n) is 9.99. The van der Waals surface area contributed by atoms with Gasteiger partial charge in [0.15, 0.2) is 11.4 Å². The summed E-state index contributed by atoms with van der Waals surface area (Å²) in [6, 6.07) is 8.96. The fraction of sp³-hybridized carbons (Fsp3) is 0.346. The molecule has 9 nitrogen and oxygen atoms in total. The highest BCUT2D eigenvalue weighted by atomic mass is 32.2. The van der Waals surface area contributed by atoms with Gasteiger partial charge < -0.3 is 10.0 Å². The molecule has 3 aliphatic heterocycles. The van der Waals surface area contributed by atoms with Crippen LogP contribution in [-0.2, 0) is 14.8 Å². The van der Waals surface area contributed by atoms with Gasteiger partial charge in [0.2, 0.25) is 10.0 Å². The van der Waals surface area contributed by atoms with E-state index in [2.05, 4.69) is 15.0 Å². The van der Waals surface area contributed by atoms with E-state index in [1.54, 1.807) is 18.3 Å². The lowest BCUT2D eigenvalue weighted by molar-refractivity contribution is -0.115. The summed E-state index contributed by atoms with van der Waals surface area (Å²) >= 11 is 0. The summed E-state index contributed by atoms with van der Waals surface area (Å²) in [5.74, 6) is 0.358. The highest BCUT2D eigenvalue weighted by molar-refractivity contribution is 7.89. The minimum absolute atomic E-state index is 0.105. The molecule has 1 aromatic carbocycles. The quantitative estimate of drug-likeness (QED) is 0.460. The number of pyridine rings is 1. The first-order chi connectivity index (χ1) is 17.8. The van der Waals surface area contributed by atoms with E-state index >= 15 is 0 Å². The molecule has 6 rings (SSSR count). The molecule has 2 atom stereocenters. The molecule has 37 heavy (non-hydrogen) atoms. The molecule has 2 fully saturated rings. The van der Waals surface area contributed by atoms with E-state index in [4.69, 9.17) is 0 Å². The third-order valence-corrected chi connectivity index (χ3v) is 9.77. The Hall–Kier alpha value is -3.25. The van der Waals surface area contributed by atoms with Gasteiger partial charge >= 0.3 is 6.41 Å². The smallest absolute Gasteiger partial charge is 0.338 e. The number of carbonyl (C=O) groups excluding carboxylic acids is 1. The van der Waals surface area contributed by atoms with Gasteiger partial charge in [0.05, 0.1) is 12.8 Å². The van der Waals surface area contributed by atoms with E-state index in [-0.39, 0.29) is 24.6 Å². The van der Waals surface area contributed by atoms with E-state index in [0.717, 1.165) is 36.5 Å². The molecule has 4 aliphatic rings. The topological polar surface area (TPSA) is 103 Å². The normalized spacial score (nSPS) is 27.4. The van der Waals surface area contributed by atoms with Gasteiger partial charge in [-0.1, -0.05) is 15.3 Å². The summed E-state index contributed by atoms with van der Waals surface area (Å²) in [5, 5.41) is 15.0. The predicted octanol–water partition coefficient (Wildman–Crippen LogP) is 2.55. The second-order valence-corrected chi connectivity index (χ2v) is 11.9. The van der Waals surface area contributed by atoms with Gasteiger partial charge in [-0.2, -0.15) is 4.31 Å². The number of amides is 1. The summed E-state index contributed by atoms with van der Waals surface area (Å²) in [7, 11) is -3.82. The molecule has 1 amide bonds. The number of nitrogens with zero attached hydrogens (tertiary/aromatic N) is 5. The number of fused-ring (bicyclic) bond motifs is 1. The van der Waals surface area contributed by atoms with Crippen LogP contribution >= 0.6 is 0 Å². The number of aromatic nitrogens is 1. The number of benzene rings is 1. The van der Waals surface area contributed by atoms with Crippen LogP contribution in [0.25, 0.3) is 0 Å². The largest absolute Gasteiger partial charge is 0.395 e. The lowest BCUT2D eigenvalue weighted by Crippen LogP contribution is -2.51. The molecule has 1 N–H and O–H groups in total. The van der Waals surface area contributed by atoms with E-state index < -0.39 is 25.8 Å². The van der Waals surface area contributed by atoms with Crippen LogP contribution in [0, 0.1) is 11.2 Å². The third kappa shape index (κ3) is 3.68. The van der Waals surface area contributed by atoms with E-state index in [1.165, 1.54) is 34.8 Å². The Balaban J connectivity index is 1.29. The van der Waals surface area contributed by atoms with Gasteiger partial charge in [0.1, 0.15) is 16.5 Å². The second kappa shape index (κ2) is 8.66. The highest BCUT2D eigenvalue weighted by Crippen LogP contribution is 2.49. The number of anilines is 1. The Morgan fingerprint density at radius 2 is 1.92 bits per heavy atom. The Labute approximate surface area is 214 Å². The van der Waals surface area contributed by atoms with Crippen molar-refractivity contribution in [3.8, 4) is 0 Å². The number of aliphatic hydroxyl groups excluding tert-OH is 1. The zero-order chi connectivity index (χ0) is 25.8. The van der Waals surface area contributed by atoms with Gasteiger partial charge in [-0.3, -0.25) is 0 Å². The fourth-order valence-electron chi connectivity index (χ4n) is 5.63. The summed E-state index contributed by atoms with van der Waals surface area (Å²) in [4.78, 5) is 18.9. The van der Waals surface area contributed by atoms with Crippen LogP contribution in [0.1, 0.15) is 19.3 Å². The lowest BCUT2D eigenvalue weighted by atomic mass is 9.69. The average molecular weight is 525 g/mol. The zero-order valence-corrected chi connectivity index (χ0v) is 20.9. The summed E-state index contributed by atoms with van der Waals surface area (Å²) < 4.78 is 41.6. The maximum atomic E-state index is 13.5. The number of quaternary nitrogens is 1. The van der Waals surface area contributed by atoms with Crippen molar-refractivity contribution >= 4 is 34.2 Å². The molecule has 0 radical (unpaired) electrons. The summed E-state index contributed by atoms with van der Waals surface area (Å²) in [5.41, 5.74) is 1.94. The molecular formula is C26H27FN5O4S+. The van der Waals surface area contributed by atoms with Crippen LogP contribution in [0.15, 0.2) is 75.5 Å². The van der Waals surface area contributed by atoms with Gasteiger partial charge in [-0.25, -0.2) is 22.6 Å². The molecule has 192 valence electrons. The number of rotatable bonds is 6. The van der Waals surface area contributed by atoms with Crippen LogP contribution in [-0.4, -0.2) is 68.2 Å². The molecule has 2 saturated heterocycles. The molecule has 1 aromatic heterocycles. The van der Waals surface area contributed by atoms with Gasteiger partial charge in [0.25, 0.3) is 0 Å². The number of aliphatic hydroxyl groups is 1. The van der Waals surface area contributed by atoms with E-state index in [0.29, 0.717) is 30.6 Å². The number of hydrogen-bond donors (Lipinski definition) is 1. The monoisotopic (exact) mass is 524 g/mol. The summed E-state index contributed by atoms with van der Waals surface area (Å²) in [6.45, 7) is 1.94. The fourth-order valence-corrected chi connectivity index (χ4v) is 7.10. The molecule has 1 aliphatic carbocycles. The van der Waals surface area contributed by atoms with Gasteiger partial charge in [-0.05, 0) is 43.5 Å². The van der Waals surface area contributed by atoms with Crippen molar-refractivity contribution in [1.82, 2.24) is 13.9 Å². The molecule has 0 bridgehead atoms. The number of carbonyl (C=O) groups is 1. The molecule has 2 aromatic rings. The Kier molecular flexibility index (Phi) is 5.64. The molecule has 1 unspecified atom stereocenters. The van der Waals surface area contributed by atoms with Crippen molar-refractivity contribution in [3.63, 3.8) is 0 Å². The lowest BCUT2D eigenvalue weighted by Gasteiger charge is -2.45. The molecule has 4 heterocycles. The first kappa shape index (κ1) is 24.1. The number of piperidine rings is 1. The van der Waals surface area contributed by atoms with Crippen LogP contribution in [0.3, 0.4) is 0 Å². The number of allylic oxidation sites excluding steroid dienone is 2. The van der Waals surface area contributed by atoms with Crippen LogP contribution < -0.4 is 9.49 Å². The van der Waals surface area contributed by atoms with Crippen molar-refractivity contribution in [2.24, 2.45) is 10.5 Å². The van der Waals surface area contributed by atoms with Crippen molar-refractivity contribution < 1.29 is 22.7 Å². The van der Waals surface area contributed by atoms with Crippen LogP contribution in [0.4, 0.5) is 15.9 Å². The Morgan fingerprint density at radius 3 is 2.54 bits per heavy atom. The van der Waals surface area contributed by atoms with E-state index in [1.807, 2.05) is 6.08 Å². The third-order valence-electron chi connectivity index (χ3n) is 7.94. The van der Waals surface area contributed by atoms with Gasteiger partial charge in [-0.15, -0.1) is 0 Å². The molecule has 11 heteroatoms. The van der Waals surface area contributed by atoms with Crippen LogP contribution in [0.5, 0.6) is 0 Å². The highest BCUT2D eigenvalue weighted by Gasteiger charge is 2.51. The van der Waals surface area contributed by atoms with Crippen molar-refractivity contribution in [1.29, 1.82) is 0 Å². The minimum Gasteiger partial charge on any atom is -0.395 e. The Morgan fingerprint density at radius 1 is 1.14 bits per heavy atom. The minimum atomic E-state index is -3.82.